The van der Waals surface area contributed by atoms with Gasteiger partial charge in [0.25, 0.3) is 0 Å². The van der Waals surface area contributed by atoms with Crippen molar-refractivity contribution in [1.29, 1.82) is 0 Å². The Hall–Kier alpha value is -2.66. The van der Waals surface area contributed by atoms with Gasteiger partial charge in [-0.15, -0.1) is 6.42 Å². The van der Waals surface area contributed by atoms with Crippen LogP contribution in [0.15, 0.2) is 24.3 Å². The van der Waals surface area contributed by atoms with Crippen molar-refractivity contribution in [2.75, 3.05) is 18.6 Å². The number of hydrogen-bond donors (Lipinski definition) is 2. The number of hydrogen-bond acceptors (Lipinski definition) is 5. The van der Waals surface area contributed by atoms with Crippen molar-refractivity contribution >= 4 is 29.7 Å². The number of carbonyl (C=O) groups is 3. The molecule has 0 aliphatic rings. The lowest BCUT2D eigenvalue weighted by molar-refractivity contribution is -0.148. The number of alkyl carbamates (subject to hydrolysis) is 1. The number of amides is 3. The van der Waals surface area contributed by atoms with E-state index in [-0.39, 0.29) is 11.8 Å². The molecule has 1 aromatic carbocycles. The smallest absolute Gasteiger partial charge is 0.408 e. The quantitative estimate of drug-likeness (QED) is 0.322. The second-order valence-corrected chi connectivity index (χ2v) is 11.7. The van der Waals surface area contributed by atoms with Gasteiger partial charge in [-0.2, -0.15) is 11.8 Å². The highest BCUT2D eigenvalue weighted by atomic mass is 32.2. The molecule has 1 aromatic rings. The Kier molecular flexibility index (Phi) is 12.4. The standard InChI is InChI=1S/C28H43N3O4S/c1-10-12-18-29-24(32)23(21-15-13-20(11-2)14-16-21)31(27(3,4)5)25(33)22(17-19-36-9)30-26(34)35-28(6,7)8/h2,13-16,22-23H,10,12,17-19H2,1,3-9H3,(H,29,32)(H,30,34). The molecule has 2 N–H and O–H groups in total. The van der Waals surface area contributed by atoms with Crippen molar-refractivity contribution in [3.63, 3.8) is 0 Å². The van der Waals surface area contributed by atoms with E-state index in [1.54, 1.807) is 61.7 Å². The SMILES string of the molecule is C#Cc1ccc(C(C(=O)NCCCC)N(C(=O)C(CCSC)NC(=O)OC(C)(C)C)C(C)(C)C)cc1. The second kappa shape index (κ2) is 14.2. The summed E-state index contributed by atoms with van der Waals surface area (Å²) in [6.07, 6.45) is 8.95. The number of terminal acetylenes is 1. The molecule has 2 unspecified atom stereocenters. The van der Waals surface area contributed by atoms with E-state index < -0.39 is 29.3 Å². The van der Waals surface area contributed by atoms with Gasteiger partial charge in [0, 0.05) is 17.6 Å². The number of rotatable bonds is 11. The summed E-state index contributed by atoms with van der Waals surface area (Å²) >= 11 is 1.57. The van der Waals surface area contributed by atoms with E-state index in [0.717, 1.165) is 12.8 Å². The molecule has 200 valence electrons. The predicted molar refractivity (Wildman–Crippen MR) is 148 cm³/mol. The third-order valence-corrected chi connectivity index (χ3v) is 5.93. The number of thioether (sulfide) groups is 1. The van der Waals surface area contributed by atoms with E-state index in [1.165, 1.54) is 0 Å². The van der Waals surface area contributed by atoms with Crippen molar-refractivity contribution in [2.24, 2.45) is 0 Å². The Morgan fingerprint density at radius 2 is 1.72 bits per heavy atom. The van der Waals surface area contributed by atoms with Crippen LogP contribution in [0, 0.1) is 12.3 Å². The van der Waals surface area contributed by atoms with Crippen molar-refractivity contribution in [3.05, 3.63) is 35.4 Å². The first kappa shape index (κ1) is 31.4. The number of unbranched alkanes of at least 4 members (excludes halogenated alkanes) is 1. The van der Waals surface area contributed by atoms with Gasteiger partial charge in [0.1, 0.15) is 17.7 Å². The zero-order valence-electron chi connectivity index (χ0n) is 23.1. The van der Waals surface area contributed by atoms with Crippen LogP contribution in [0.5, 0.6) is 0 Å². The Morgan fingerprint density at radius 3 is 2.19 bits per heavy atom. The summed E-state index contributed by atoms with van der Waals surface area (Å²) in [5.74, 6) is 2.61. The van der Waals surface area contributed by atoms with Crippen LogP contribution in [0.4, 0.5) is 4.79 Å². The van der Waals surface area contributed by atoms with Crippen molar-refractivity contribution in [2.45, 2.75) is 91.0 Å². The lowest BCUT2D eigenvalue weighted by atomic mass is 9.94. The first-order chi connectivity index (χ1) is 16.7. The Labute approximate surface area is 221 Å². The lowest BCUT2D eigenvalue weighted by Gasteiger charge is -2.43. The van der Waals surface area contributed by atoms with Gasteiger partial charge < -0.3 is 20.3 Å². The largest absolute Gasteiger partial charge is 0.444 e. The summed E-state index contributed by atoms with van der Waals surface area (Å²) in [5.41, 5.74) is -0.113. The minimum Gasteiger partial charge on any atom is -0.444 e. The minimum absolute atomic E-state index is 0.277. The van der Waals surface area contributed by atoms with E-state index >= 15 is 0 Å². The molecule has 0 fully saturated rings. The highest BCUT2D eigenvalue weighted by Crippen LogP contribution is 2.31. The summed E-state index contributed by atoms with van der Waals surface area (Å²) in [4.78, 5) is 41.8. The second-order valence-electron chi connectivity index (χ2n) is 10.7. The molecule has 1 rings (SSSR count). The monoisotopic (exact) mass is 517 g/mol. The number of nitrogens with zero attached hydrogens (tertiary/aromatic N) is 1. The van der Waals surface area contributed by atoms with Crippen LogP contribution in [0.1, 0.15) is 84.9 Å². The molecule has 0 aromatic heterocycles. The molecule has 0 aliphatic heterocycles. The van der Waals surface area contributed by atoms with Gasteiger partial charge in [0.05, 0.1) is 0 Å². The fourth-order valence-electron chi connectivity index (χ4n) is 3.62. The maximum absolute atomic E-state index is 14.1. The van der Waals surface area contributed by atoms with Crippen LogP contribution in [0.3, 0.4) is 0 Å². The number of benzene rings is 1. The minimum atomic E-state index is -0.904. The highest BCUT2D eigenvalue weighted by Gasteiger charge is 2.41. The van der Waals surface area contributed by atoms with Gasteiger partial charge in [0.2, 0.25) is 11.8 Å². The van der Waals surface area contributed by atoms with Gasteiger partial charge in [-0.1, -0.05) is 31.4 Å². The van der Waals surface area contributed by atoms with Gasteiger partial charge in [-0.05, 0) is 84.1 Å². The molecule has 0 aliphatic carbocycles. The van der Waals surface area contributed by atoms with E-state index in [2.05, 4.69) is 16.6 Å². The molecular formula is C28H43N3O4S. The summed E-state index contributed by atoms with van der Waals surface area (Å²) in [5, 5.41) is 5.74. The lowest BCUT2D eigenvalue weighted by Crippen LogP contribution is -2.58. The van der Waals surface area contributed by atoms with E-state index in [1.807, 2.05) is 34.0 Å². The first-order valence-electron chi connectivity index (χ1n) is 12.4. The maximum atomic E-state index is 14.1. The third kappa shape index (κ3) is 10.1. The average Bonchev–Trinajstić information content (AvgIpc) is 2.77. The Morgan fingerprint density at radius 1 is 1.11 bits per heavy atom. The molecule has 8 heteroatoms. The third-order valence-electron chi connectivity index (χ3n) is 5.29. The average molecular weight is 518 g/mol. The first-order valence-corrected chi connectivity index (χ1v) is 13.8. The van der Waals surface area contributed by atoms with Gasteiger partial charge in [-0.3, -0.25) is 9.59 Å². The van der Waals surface area contributed by atoms with E-state index in [4.69, 9.17) is 11.2 Å². The normalized spacial score (nSPS) is 13.2. The predicted octanol–water partition coefficient (Wildman–Crippen LogP) is 4.90. The molecule has 36 heavy (non-hydrogen) atoms. The molecule has 0 saturated heterocycles. The fourth-order valence-corrected chi connectivity index (χ4v) is 4.09. The molecule has 0 bridgehead atoms. The molecule has 3 amide bonds. The molecule has 0 radical (unpaired) electrons. The fraction of sp³-hybridized carbons (Fsp3) is 0.607. The van der Waals surface area contributed by atoms with Crippen LogP contribution < -0.4 is 10.6 Å². The van der Waals surface area contributed by atoms with Crippen molar-refractivity contribution < 1.29 is 19.1 Å². The van der Waals surface area contributed by atoms with Crippen LogP contribution >= 0.6 is 11.8 Å². The van der Waals surface area contributed by atoms with Gasteiger partial charge in [-0.25, -0.2) is 4.79 Å². The summed E-state index contributed by atoms with van der Waals surface area (Å²) in [6.45, 7) is 13.5. The van der Waals surface area contributed by atoms with E-state index in [0.29, 0.717) is 29.8 Å². The number of ether oxygens (including phenoxy) is 1. The van der Waals surface area contributed by atoms with Gasteiger partial charge in [0.15, 0.2) is 0 Å². The van der Waals surface area contributed by atoms with E-state index in [9.17, 15) is 14.4 Å². The Bertz CT molecular complexity index is 911. The summed E-state index contributed by atoms with van der Waals surface area (Å²) < 4.78 is 5.42. The van der Waals surface area contributed by atoms with Crippen LogP contribution in [0.25, 0.3) is 0 Å². The highest BCUT2D eigenvalue weighted by molar-refractivity contribution is 7.98. The topological polar surface area (TPSA) is 87.7 Å². The molecule has 0 spiro atoms. The molecule has 0 saturated carbocycles. The molecular weight excluding hydrogens is 474 g/mol. The van der Waals surface area contributed by atoms with Gasteiger partial charge >= 0.3 is 6.09 Å². The van der Waals surface area contributed by atoms with Crippen molar-refractivity contribution in [3.8, 4) is 12.3 Å². The van der Waals surface area contributed by atoms with Crippen LogP contribution in [0.2, 0.25) is 0 Å². The zero-order valence-corrected chi connectivity index (χ0v) is 23.9. The molecule has 0 heterocycles. The molecule has 7 nitrogen and oxygen atoms in total. The van der Waals surface area contributed by atoms with Crippen LogP contribution in [-0.4, -0.2) is 58.5 Å². The molecule has 2 atom stereocenters. The Balaban J connectivity index is 3.50. The van der Waals surface area contributed by atoms with Crippen LogP contribution in [-0.2, 0) is 14.3 Å². The number of carbonyl (C=O) groups excluding carboxylic acids is 3. The number of nitrogens with one attached hydrogen (secondary N) is 2. The summed E-state index contributed by atoms with van der Waals surface area (Å²) in [7, 11) is 0. The zero-order chi connectivity index (χ0) is 27.5. The maximum Gasteiger partial charge on any atom is 0.408 e. The van der Waals surface area contributed by atoms with Crippen molar-refractivity contribution in [1.82, 2.24) is 15.5 Å². The summed E-state index contributed by atoms with van der Waals surface area (Å²) in [6, 6.07) is 5.32.